The predicted molar refractivity (Wildman–Crippen MR) is 108 cm³/mol. The molecule has 0 fully saturated rings. The number of aromatic nitrogens is 4. The number of aryl methyl sites for hydroxylation is 1. The summed E-state index contributed by atoms with van der Waals surface area (Å²) in [7, 11) is 0. The standard InChI is InChI=1S/C22H18N4O4/c27-21-17-10-7-15(12-18(17)24-19-4-2-1-3-11-26(19)21)22(28)30-16-8-5-14(6-9-16)20-25-23-13-29-20/h5-10,12-13H,1-4,11H2. The molecule has 3 heterocycles. The van der Waals surface area contributed by atoms with Crippen molar-refractivity contribution in [2.24, 2.45) is 0 Å². The number of hydrogen-bond donors (Lipinski definition) is 0. The molecule has 0 saturated heterocycles. The molecule has 1 aliphatic rings. The van der Waals surface area contributed by atoms with Crippen LogP contribution in [-0.2, 0) is 13.0 Å². The number of fused-ring (bicyclic) bond motifs is 2. The minimum absolute atomic E-state index is 0.0477. The van der Waals surface area contributed by atoms with Crippen LogP contribution in [0.4, 0.5) is 0 Å². The molecule has 2 aromatic heterocycles. The quantitative estimate of drug-likeness (QED) is 0.382. The van der Waals surface area contributed by atoms with E-state index < -0.39 is 5.97 Å². The largest absolute Gasteiger partial charge is 0.423 e. The first kappa shape index (κ1) is 18.2. The Morgan fingerprint density at radius 2 is 1.93 bits per heavy atom. The van der Waals surface area contributed by atoms with Crippen molar-refractivity contribution in [2.75, 3.05) is 0 Å². The number of carbonyl (C=O) groups excluding carboxylic acids is 1. The van der Waals surface area contributed by atoms with Gasteiger partial charge in [-0.15, -0.1) is 10.2 Å². The van der Waals surface area contributed by atoms with E-state index in [2.05, 4.69) is 15.2 Å². The molecule has 30 heavy (non-hydrogen) atoms. The van der Waals surface area contributed by atoms with Crippen LogP contribution in [-0.4, -0.2) is 25.7 Å². The van der Waals surface area contributed by atoms with Gasteiger partial charge in [-0.05, 0) is 55.3 Å². The highest BCUT2D eigenvalue weighted by Gasteiger charge is 2.16. The van der Waals surface area contributed by atoms with Crippen molar-refractivity contribution in [3.8, 4) is 17.2 Å². The molecule has 1 aliphatic heterocycles. The van der Waals surface area contributed by atoms with Crippen molar-refractivity contribution >= 4 is 16.9 Å². The van der Waals surface area contributed by atoms with Crippen LogP contribution >= 0.6 is 0 Å². The van der Waals surface area contributed by atoms with E-state index in [1.807, 2.05) is 0 Å². The summed E-state index contributed by atoms with van der Waals surface area (Å²) in [5.41, 5.74) is 1.54. The van der Waals surface area contributed by atoms with Gasteiger partial charge in [-0.25, -0.2) is 9.78 Å². The highest BCUT2D eigenvalue weighted by molar-refractivity contribution is 5.95. The van der Waals surface area contributed by atoms with E-state index in [4.69, 9.17) is 9.15 Å². The van der Waals surface area contributed by atoms with Crippen molar-refractivity contribution in [3.63, 3.8) is 0 Å². The molecule has 0 atom stereocenters. The number of rotatable bonds is 3. The van der Waals surface area contributed by atoms with E-state index >= 15 is 0 Å². The number of hydrogen-bond acceptors (Lipinski definition) is 7. The maximum Gasteiger partial charge on any atom is 0.343 e. The van der Waals surface area contributed by atoms with Crippen molar-refractivity contribution < 1.29 is 13.9 Å². The summed E-state index contributed by atoms with van der Waals surface area (Å²) < 4.78 is 12.4. The van der Waals surface area contributed by atoms with Gasteiger partial charge in [-0.3, -0.25) is 9.36 Å². The van der Waals surface area contributed by atoms with E-state index in [9.17, 15) is 9.59 Å². The average Bonchev–Trinajstić information content (AvgIpc) is 3.20. The minimum atomic E-state index is -0.515. The summed E-state index contributed by atoms with van der Waals surface area (Å²) in [6.45, 7) is 0.695. The summed E-state index contributed by atoms with van der Waals surface area (Å²) >= 11 is 0. The van der Waals surface area contributed by atoms with Crippen molar-refractivity contribution in [3.05, 3.63) is 70.6 Å². The molecule has 150 valence electrons. The first-order valence-electron chi connectivity index (χ1n) is 9.81. The maximum absolute atomic E-state index is 12.8. The van der Waals surface area contributed by atoms with Gasteiger partial charge in [0.2, 0.25) is 12.3 Å². The van der Waals surface area contributed by atoms with Gasteiger partial charge < -0.3 is 9.15 Å². The van der Waals surface area contributed by atoms with Crippen LogP contribution in [0.3, 0.4) is 0 Å². The highest BCUT2D eigenvalue weighted by Crippen LogP contribution is 2.22. The summed E-state index contributed by atoms with van der Waals surface area (Å²) in [4.78, 5) is 30.1. The van der Waals surface area contributed by atoms with Gasteiger partial charge in [0.15, 0.2) is 0 Å². The molecule has 0 aliphatic carbocycles. The normalized spacial score (nSPS) is 13.6. The molecule has 8 nitrogen and oxygen atoms in total. The van der Waals surface area contributed by atoms with Gasteiger partial charge in [0.1, 0.15) is 11.6 Å². The Bertz CT molecular complexity index is 1280. The molecule has 4 aromatic rings. The molecule has 0 N–H and O–H groups in total. The van der Waals surface area contributed by atoms with Crippen LogP contribution in [0.2, 0.25) is 0 Å². The molecule has 0 radical (unpaired) electrons. The predicted octanol–water partition coefficient (Wildman–Crippen LogP) is 3.39. The van der Waals surface area contributed by atoms with Crippen LogP contribution in [0, 0.1) is 0 Å². The second-order valence-electron chi connectivity index (χ2n) is 7.19. The fourth-order valence-corrected chi connectivity index (χ4v) is 3.68. The topological polar surface area (TPSA) is 100 Å². The van der Waals surface area contributed by atoms with E-state index in [1.165, 1.54) is 6.39 Å². The Labute approximate surface area is 171 Å². The number of nitrogens with zero attached hydrogens (tertiary/aromatic N) is 4. The third kappa shape index (κ3) is 3.36. The summed E-state index contributed by atoms with van der Waals surface area (Å²) in [6.07, 6.45) is 5.10. The Morgan fingerprint density at radius 3 is 2.73 bits per heavy atom. The smallest absolute Gasteiger partial charge is 0.343 e. The molecule has 5 rings (SSSR count). The zero-order chi connectivity index (χ0) is 20.5. The van der Waals surface area contributed by atoms with Gasteiger partial charge in [0.25, 0.3) is 5.56 Å². The number of carbonyl (C=O) groups is 1. The van der Waals surface area contributed by atoms with Crippen LogP contribution in [0.15, 0.2) is 58.1 Å². The van der Waals surface area contributed by atoms with E-state index in [1.54, 1.807) is 47.0 Å². The average molecular weight is 402 g/mol. The van der Waals surface area contributed by atoms with Crippen molar-refractivity contribution in [2.45, 2.75) is 32.2 Å². The number of esters is 1. The minimum Gasteiger partial charge on any atom is -0.423 e. The van der Waals surface area contributed by atoms with E-state index in [0.717, 1.165) is 37.1 Å². The lowest BCUT2D eigenvalue weighted by molar-refractivity contribution is 0.0735. The van der Waals surface area contributed by atoms with Crippen LogP contribution in [0.1, 0.15) is 35.4 Å². The summed E-state index contributed by atoms with van der Waals surface area (Å²) in [6, 6.07) is 11.6. The molecule has 0 amide bonds. The first-order valence-corrected chi connectivity index (χ1v) is 9.81. The second-order valence-corrected chi connectivity index (χ2v) is 7.19. The Kier molecular flexibility index (Phi) is 4.59. The molecule has 0 saturated carbocycles. The molecule has 0 bridgehead atoms. The van der Waals surface area contributed by atoms with Crippen molar-refractivity contribution in [1.82, 2.24) is 19.7 Å². The molecule has 8 heteroatoms. The van der Waals surface area contributed by atoms with Gasteiger partial charge in [0.05, 0.1) is 16.5 Å². The molecule has 0 unspecified atom stereocenters. The molecular formula is C22H18N4O4. The first-order chi connectivity index (χ1) is 14.7. The van der Waals surface area contributed by atoms with Gasteiger partial charge in [-0.2, -0.15) is 0 Å². The Morgan fingerprint density at radius 1 is 1.07 bits per heavy atom. The van der Waals surface area contributed by atoms with Crippen LogP contribution < -0.4 is 10.3 Å². The Hall–Kier alpha value is -3.81. The fourth-order valence-electron chi connectivity index (χ4n) is 3.68. The van der Waals surface area contributed by atoms with Gasteiger partial charge >= 0.3 is 5.97 Å². The maximum atomic E-state index is 12.8. The van der Waals surface area contributed by atoms with E-state index in [-0.39, 0.29) is 5.56 Å². The van der Waals surface area contributed by atoms with Crippen LogP contribution in [0.25, 0.3) is 22.4 Å². The zero-order valence-corrected chi connectivity index (χ0v) is 16.1. The fraction of sp³-hybridized carbons (Fsp3) is 0.227. The number of ether oxygens (including phenoxy) is 1. The zero-order valence-electron chi connectivity index (χ0n) is 16.1. The monoisotopic (exact) mass is 402 g/mol. The lowest BCUT2D eigenvalue weighted by Crippen LogP contribution is -2.24. The van der Waals surface area contributed by atoms with Gasteiger partial charge in [0, 0.05) is 18.5 Å². The number of benzene rings is 2. The molecule has 2 aromatic carbocycles. The third-order valence-electron chi connectivity index (χ3n) is 5.22. The van der Waals surface area contributed by atoms with E-state index in [0.29, 0.717) is 34.7 Å². The summed E-state index contributed by atoms with van der Waals surface area (Å²) in [5, 5.41) is 7.99. The second kappa shape index (κ2) is 7.55. The molecule has 0 spiro atoms. The lowest BCUT2D eigenvalue weighted by Gasteiger charge is -2.11. The van der Waals surface area contributed by atoms with Gasteiger partial charge in [-0.1, -0.05) is 6.42 Å². The Balaban J connectivity index is 1.41. The highest BCUT2D eigenvalue weighted by atomic mass is 16.5. The molecular weight excluding hydrogens is 384 g/mol. The third-order valence-corrected chi connectivity index (χ3v) is 5.22. The lowest BCUT2D eigenvalue weighted by atomic mass is 10.1. The van der Waals surface area contributed by atoms with Crippen LogP contribution in [0.5, 0.6) is 5.75 Å². The SMILES string of the molecule is O=C(Oc1ccc(-c2nnco2)cc1)c1ccc2c(=O)n3c(nc2c1)CCCCC3. The van der Waals surface area contributed by atoms with Crippen molar-refractivity contribution in [1.29, 1.82) is 0 Å². The summed E-state index contributed by atoms with van der Waals surface area (Å²) in [5.74, 6) is 1.05.